The average molecular weight is 603 g/mol. The Labute approximate surface area is 272 Å². The molecule has 0 unspecified atom stereocenters. The summed E-state index contributed by atoms with van der Waals surface area (Å²) < 4.78 is 8.69. The van der Waals surface area contributed by atoms with E-state index in [4.69, 9.17) is 4.42 Å². The fourth-order valence-electron chi connectivity index (χ4n) is 7.65. The van der Waals surface area contributed by atoms with Gasteiger partial charge in [0.1, 0.15) is 11.2 Å². The van der Waals surface area contributed by atoms with Gasteiger partial charge in [-0.2, -0.15) is 0 Å². The van der Waals surface area contributed by atoms with Gasteiger partial charge >= 0.3 is 0 Å². The summed E-state index contributed by atoms with van der Waals surface area (Å²) in [5, 5.41) is 4.87. The van der Waals surface area contributed by atoms with Gasteiger partial charge in [-0.1, -0.05) is 97.1 Å². The van der Waals surface area contributed by atoms with Crippen LogP contribution in [0, 0.1) is 0 Å². The molecule has 0 spiro atoms. The Morgan fingerprint density at radius 3 is 1.85 bits per heavy atom. The predicted octanol–water partition coefficient (Wildman–Crippen LogP) is 11.5. The van der Waals surface area contributed by atoms with Crippen LogP contribution in [0.25, 0.3) is 71.7 Å². The van der Waals surface area contributed by atoms with Gasteiger partial charge in [0.05, 0.1) is 11.0 Å². The van der Waals surface area contributed by atoms with E-state index in [9.17, 15) is 0 Å². The monoisotopic (exact) mass is 602 g/mol. The molecule has 47 heavy (non-hydrogen) atoms. The normalized spacial score (nSPS) is 12.9. The molecule has 9 aromatic rings. The highest BCUT2D eigenvalue weighted by atomic mass is 16.3. The average Bonchev–Trinajstić information content (AvgIpc) is 3.62. The van der Waals surface area contributed by atoms with E-state index in [0.29, 0.717) is 0 Å². The molecule has 3 heteroatoms. The molecule has 0 radical (unpaired) electrons. The lowest BCUT2D eigenvalue weighted by Crippen LogP contribution is -2.20. The van der Waals surface area contributed by atoms with E-state index in [2.05, 4.69) is 155 Å². The number of hydrogen-bond donors (Lipinski definition) is 0. The summed E-state index contributed by atoms with van der Waals surface area (Å²) in [5.41, 5.74) is 14.3. The molecule has 0 fully saturated rings. The zero-order chi connectivity index (χ0) is 30.9. The lowest BCUT2D eigenvalue weighted by atomic mass is 9.92. The predicted molar refractivity (Wildman–Crippen MR) is 195 cm³/mol. The number of benzene rings is 7. The molecule has 2 aromatic heterocycles. The van der Waals surface area contributed by atoms with Crippen molar-refractivity contribution >= 4 is 49.4 Å². The Morgan fingerprint density at radius 1 is 0.404 bits per heavy atom. The molecule has 0 atom stereocenters. The molecular formula is C44H30N2O. The Balaban J connectivity index is 1.16. The van der Waals surface area contributed by atoms with Gasteiger partial charge in [0, 0.05) is 46.0 Å². The van der Waals surface area contributed by atoms with Crippen molar-refractivity contribution in [3.05, 3.63) is 169 Å². The van der Waals surface area contributed by atoms with Crippen LogP contribution in [0.4, 0.5) is 5.69 Å². The first-order valence-corrected chi connectivity index (χ1v) is 16.2. The smallest absolute Gasteiger partial charge is 0.136 e. The number of furan rings is 1. The summed E-state index contributed by atoms with van der Waals surface area (Å²) in [6.45, 7) is 1.65. The van der Waals surface area contributed by atoms with Crippen molar-refractivity contribution in [2.75, 3.05) is 4.90 Å². The summed E-state index contributed by atoms with van der Waals surface area (Å²) >= 11 is 0. The largest absolute Gasteiger partial charge is 0.456 e. The maximum atomic E-state index is 6.27. The first kappa shape index (κ1) is 26.2. The van der Waals surface area contributed by atoms with Crippen LogP contribution in [0.5, 0.6) is 0 Å². The zero-order valence-electron chi connectivity index (χ0n) is 25.7. The van der Waals surface area contributed by atoms with Crippen LogP contribution in [0.1, 0.15) is 11.1 Å². The second-order valence-electron chi connectivity index (χ2n) is 12.6. The van der Waals surface area contributed by atoms with Crippen LogP contribution in [-0.2, 0) is 13.1 Å². The minimum atomic E-state index is 0.819. The third-order valence-corrected chi connectivity index (χ3v) is 9.88. The highest BCUT2D eigenvalue weighted by molar-refractivity contribution is 6.09. The lowest BCUT2D eigenvalue weighted by molar-refractivity contribution is 0.669. The van der Waals surface area contributed by atoms with Crippen LogP contribution in [-0.4, -0.2) is 4.57 Å². The Morgan fingerprint density at radius 2 is 1.04 bits per heavy atom. The first-order chi connectivity index (χ1) is 23.3. The molecule has 10 rings (SSSR count). The molecule has 0 N–H and O–H groups in total. The highest BCUT2D eigenvalue weighted by Gasteiger charge is 2.22. The van der Waals surface area contributed by atoms with Gasteiger partial charge in [0.15, 0.2) is 0 Å². The van der Waals surface area contributed by atoms with Crippen LogP contribution in [0.15, 0.2) is 162 Å². The summed E-state index contributed by atoms with van der Waals surface area (Å²) in [6.07, 6.45) is 0. The molecule has 3 heterocycles. The first-order valence-electron chi connectivity index (χ1n) is 16.2. The number of hydrogen-bond acceptors (Lipinski definition) is 2. The van der Waals surface area contributed by atoms with E-state index < -0.39 is 0 Å². The number of rotatable bonds is 3. The van der Waals surface area contributed by atoms with Crippen LogP contribution < -0.4 is 4.90 Å². The van der Waals surface area contributed by atoms with E-state index in [1.807, 2.05) is 12.1 Å². The summed E-state index contributed by atoms with van der Waals surface area (Å²) in [6, 6.07) is 57.2. The third-order valence-electron chi connectivity index (χ3n) is 9.88. The van der Waals surface area contributed by atoms with E-state index in [-0.39, 0.29) is 0 Å². The number of para-hydroxylation sites is 4. The highest BCUT2D eigenvalue weighted by Crippen LogP contribution is 2.40. The molecule has 1 aliphatic rings. The molecule has 222 valence electrons. The van der Waals surface area contributed by atoms with Gasteiger partial charge in [-0.25, -0.2) is 0 Å². The standard InChI is InChI=1S/C44H30N2O/c1-2-10-33(11-3-1)45-27-31-19-18-29(30-20-22-39-38-14-6-9-17-43(38)47-44(39)26-30)25-40(31)35-23-21-34(24-32(35)28-45)46-41-15-7-4-12-36(41)37-13-5-8-16-42(37)46/h1-26H,27-28H2. The molecule has 0 saturated carbocycles. The van der Waals surface area contributed by atoms with Crippen LogP contribution in [0.2, 0.25) is 0 Å². The number of nitrogens with zero attached hydrogens (tertiary/aromatic N) is 2. The number of aromatic nitrogens is 1. The quantitative estimate of drug-likeness (QED) is 0.201. The van der Waals surface area contributed by atoms with Crippen molar-refractivity contribution in [2.24, 2.45) is 0 Å². The minimum Gasteiger partial charge on any atom is -0.456 e. The summed E-state index contributed by atoms with van der Waals surface area (Å²) in [7, 11) is 0. The maximum absolute atomic E-state index is 6.27. The molecule has 0 amide bonds. The summed E-state index contributed by atoms with van der Waals surface area (Å²) in [5.74, 6) is 0. The second-order valence-corrected chi connectivity index (χ2v) is 12.6. The molecule has 0 aliphatic carbocycles. The molecule has 7 aromatic carbocycles. The zero-order valence-corrected chi connectivity index (χ0v) is 25.7. The topological polar surface area (TPSA) is 21.3 Å². The van der Waals surface area contributed by atoms with Crippen molar-refractivity contribution in [3.63, 3.8) is 0 Å². The van der Waals surface area contributed by atoms with Gasteiger partial charge in [-0.15, -0.1) is 0 Å². The number of fused-ring (bicyclic) bond motifs is 9. The van der Waals surface area contributed by atoms with Gasteiger partial charge in [-0.3, -0.25) is 0 Å². The van der Waals surface area contributed by atoms with Gasteiger partial charge in [0.25, 0.3) is 0 Å². The van der Waals surface area contributed by atoms with Crippen molar-refractivity contribution in [2.45, 2.75) is 13.1 Å². The Hall–Kier alpha value is -6.06. The van der Waals surface area contributed by atoms with Crippen molar-refractivity contribution in [1.82, 2.24) is 4.57 Å². The molecule has 0 bridgehead atoms. The van der Waals surface area contributed by atoms with E-state index >= 15 is 0 Å². The fourth-order valence-corrected chi connectivity index (χ4v) is 7.65. The van der Waals surface area contributed by atoms with Crippen LogP contribution in [0.3, 0.4) is 0 Å². The lowest BCUT2D eigenvalue weighted by Gasteiger charge is -2.24. The minimum absolute atomic E-state index is 0.819. The fraction of sp³-hybridized carbons (Fsp3) is 0.0455. The van der Waals surface area contributed by atoms with Gasteiger partial charge < -0.3 is 13.9 Å². The summed E-state index contributed by atoms with van der Waals surface area (Å²) in [4.78, 5) is 2.50. The van der Waals surface area contributed by atoms with Gasteiger partial charge in [0.2, 0.25) is 0 Å². The third kappa shape index (κ3) is 4.13. The molecule has 0 saturated heterocycles. The van der Waals surface area contributed by atoms with Crippen molar-refractivity contribution in [3.8, 4) is 27.9 Å². The van der Waals surface area contributed by atoms with E-state index in [1.54, 1.807) is 0 Å². The van der Waals surface area contributed by atoms with Crippen molar-refractivity contribution < 1.29 is 4.42 Å². The van der Waals surface area contributed by atoms with E-state index in [0.717, 1.165) is 40.6 Å². The molecule has 1 aliphatic heterocycles. The van der Waals surface area contributed by atoms with Crippen molar-refractivity contribution in [1.29, 1.82) is 0 Å². The Kier molecular flexibility index (Phi) is 5.70. The molecule has 3 nitrogen and oxygen atoms in total. The van der Waals surface area contributed by atoms with E-state index in [1.165, 1.54) is 61.0 Å². The maximum Gasteiger partial charge on any atom is 0.136 e. The molecular weight excluding hydrogens is 572 g/mol. The Bertz CT molecular complexity index is 2590. The van der Waals surface area contributed by atoms with Crippen LogP contribution >= 0.6 is 0 Å². The number of anilines is 1. The van der Waals surface area contributed by atoms with Gasteiger partial charge in [-0.05, 0) is 94.0 Å². The second kappa shape index (κ2) is 10.2. The SMILES string of the molecule is c1ccc(N2Cc3cc(-n4c5ccccc5c5ccccc54)ccc3-c3cc(-c4ccc5c(c4)oc4ccccc45)ccc3C2)cc1.